The van der Waals surface area contributed by atoms with Gasteiger partial charge in [0.1, 0.15) is 0 Å². The van der Waals surface area contributed by atoms with E-state index in [4.69, 9.17) is 14.2 Å². The highest BCUT2D eigenvalue weighted by molar-refractivity contribution is 7.89. The van der Waals surface area contributed by atoms with E-state index in [0.717, 1.165) is 0 Å². The van der Waals surface area contributed by atoms with Crippen LogP contribution in [-0.2, 0) is 44.3 Å². The van der Waals surface area contributed by atoms with Gasteiger partial charge in [-0.15, -0.1) is 0 Å². The SMILES string of the molecule is C[C@@H]1CN(S(=O)(=O)c2ccc(C(=O)Nc3ccc(S(=O)(=O)N4CCOCC4)cc3NC(=O)c3ccc(S(=O)(=O)N4C[C@@H](C)O[C@@H](C)C4)cc3)cc2)C[C@H](C)O1. The maximum atomic E-state index is 13.6. The van der Waals surface area contributed by atoms with Gasteiger partial charge in [0.25, 0.3) is 11.8 Å². The van der Waals surface area contributed by atoms with Crippen molar-refractivity contribution in [1.82, 2.24) is 12.9 Å². The van der Waals surface area contributed by atoms with Crippen LogP contribution in [0.25, 0.3) is 0 Å². The molecule has 0 unspecified atom stereocenters. The van der Waals surface area contributed by atoms with Crippen LogP contribution in [0.1, 0.15) is 48.4 Å². The van der Waals surface area contributed by atoms with Crippen LogP contribution in [0.4, 0.5) is 11.4 Å². The molecule has 3 aliphatic heterocycles. The summed E-state index contributed by atoms with van der Waals surface area (Å²) >= 11 is 0. The van der Waals surface area contributed by atoms with Gasteiger partial charge in [0.2, 0.25) is 30.1 Å². The van der Waals surface area contributed by atoms with Crippen molar-refractivity contribution < 1.29 is 49.1 Å². The lowest BCUT2D eigenvalue weighted by molar-refractivity contribution is -0.0442. The van der Waals surface area contributed by atoms with E-state index >= 15 is 0 Å². The lowest BCUT2D eigenvalue weighted by atomic mass is 10.2. The molecule has 0 bridgehead atoms. The molecule has 3 saturated heterocycles. The second kappa shape index (κ2) is 16.4. The first-order chi connectivity index (χ1) is 25.9. The second-order valence-electron chi connectivity index (χ2n) is 13.8. The van der Waals surface area contributed by atoms with Crippen LogP contribution < -0.4 is 10.6 Å². The average molecular weight is 820 g/mol. The van der Waals surface area contributed by atoms with Crippen molar-refractivity contribution in [1.29, 1.82) is 0 Å². The van der Waals surface area contributed by atoms with Crippen molar-refractivity contribution in [2.24, 2.45) is 0 Å². The summed E-state index contributed by atoms with van der Waals surface area (Å²) in [5, 5.41) is 5.37. The van der Waals surface area contributed by atoms with Gasteiger partial charge >= 0.3 is 0 Å². The monoisotopic (exact) mass is 819 g/mol. The van der Waals surface area contributed by atoms with Gasteiger partial charge < -0.3 is 24.8 Å². The van der Waals surface area contributed by atoms with Crippen molar-refractivity contribution in [2.45, 2.75) is 66.8 Å². The summed E-state index contributed by atoms with van der Waals surface area (Å²) in [6, 6.07) is 14.6. The van der Waals surface area contributed by atoms with Gasteiger partial charge in [-0.25, -0.2) is 25.3 Å². The molecule has 0 radical (unpaired) electrons. The molecule has 55 heavy (non-hydrogen) atoms. The number of amides is 2. The molecule has 0 spiro atoms. The Hall–Kier alpha value is -3.79. The Labute approximate surface area is 321 Å². The maximum Gasteiger partial charge on any atom is 0.255 e. The third-order valence-corrected chi connectivity index (χ3v) is 15.0. The third-order valence-electron chi connectivity index (χ3n) is 9.38. The van der Waals surface area contributed by atoms with E-state index in [2.05, 4.69) is 10.6 Å². The van der Waals surface area contributed by atoms with E-state index in [1.807, 2.05) is 0 Å². The number of morpholine rings is 3. The average Bonchev–Trinajstić information content (AvgIpc) is 3.15. The van der Waals surface area contributed by atoms with Crippen molar-refractivity contribution in [3.05, 3.63) is 77.9 Å². The summed E-state index contributed by atoms with van der Waals surface area (Å²) in [5.41, 5.74) is 0.186. The number of carbonyl (C=O) groups excluding carboxylic acids is 2. The summed E-state index contributed by atoms with van der Waals surface area (Å²) < 4.78 is 101. The number of hydrogen-bond acceptors (Lipinski definition) is 11. The Bertz CT molecular complexity index is 2210. The Balaban J connectivity index is 1.24. The number of sulfonamides is 3. The molecule has 4 atom stereocenters. The normalized spacial score (nSPS) is 23.6. The first kappa shape index (κ1) is 40.9. The number of nitrogens with zero attached hydrogens (tertiary/aromatic N) is 3. The summed E-state index contributed by atoms with van der Waals surface area (Å²) in [7, 11) is -11.8. The minimum absolute atomic E-state index is 0.00357. The molecular formula is C36H45N5O11S3. The number of benzene rings is 3. The van der Waals surface area contributed by atoms with Crippen LogP contribution in [0.2, 0.25) is 0 Å². The molecule has 0 saturated carbocycles. The molecule has 16 nitrogen and oxygen atoms in total. The van der Waals surface area contributed by atoms with Crippen LogP contribution in [0.5, 0.6) is 0 Å². The smallest absolute Gasteiger partial charge is 0.255 e. The lowest BCUT2D eigenvalue weighted by Crippen LogP contribution is -2.48. The van der Waals surface area contributed by atoms with Crippen LogP contribution in [0, 0.1) is 0 Å². The molecule has 2 N–H and O–H groups in total. The van der Waals surface area contributed by atoms with Gasteiger partial charge in [0.15, 0.2) is 0 Å². The molecular weight excluding hydrogens is 775 g/mol. The highest BCUT2D eigenvalue weighted by Crippen LogP contribution is 2.30. The van der Waals surface area contributed by atoms with Gasteiger partial charge in [-0.1, -0.05) is 0 Å². The Morgan fingerprint density at radius 3 is 1.31 bits per heavy atom. The fourth-order valence-electron chi connectivity index (χ4n) is 6.73. The van der Waals surface area contributed by atoms with Gasteiger partial charge in [-0.3, -0.25) is 9.59 Å². The predicted molar refractivity (Wildman–Crippen MR) is 202 cm³/mol. The van der Waals surface area contributed by atoms with Crippen LogP contribution in [0.15, 0.2) is 81.4 Å². The van der Waals surface area contributed by atoms with E-state index in [9.17, 15) is 34.8 Å². The Morgan fingerprint density at radius 1 is 0.527 bits per heavy atom. The zero-order valence-electron chi connectivity index (χ0n) is 30.9. The number of nitrogens with one attached hydrogen (secondary N) is 2. The number of rotatable bonds is 10. The van der Waals surface area contributed by atoms with Crippen LogP contribution >= 0.6 is 0 Å². The van der Waals surface area contributed by atoms with Crippen molar-refractivity contribution in [3.63, 3.8) is 0 Å². The van der Waals surface area contributed by atoms with E-state index in [1.54, 1.807) is 27.7 Å². The Morgan fingerprint density at radius 2 is 0.891 bits per heavy atom. The molecule has 0 aromatic heterocycles. The molecule has 0 aliphatic carbocycles. The van der Waals surface area contributed by atoms with Crippen LogP contribution in [-0.4, -0.2) is 127 Å². The highest BCUT2D eigenvalue weighted by atomic mass is 32.2. The summed E-state index contributed by atoms with van der Waals surface area (Å²) in [6.07, 6.45) is -1.13. The standard InChI is InChI=1S/C36H45N5O11S3/c1-24-20-40(21-25(2)51-24)53(44,45)30-9-5-28(6-10-30)35(42)37-33-14-13-32(55(48,49)39-15-17-50-18-16-39)19-34(33)38-36(43)29-7-11-31(12-8-29)54(46,47)41-22-26(3)52-27(4)23-41/h5-14,19,24-27H,15-18,20-23H2,1-4H3,(H,37,42)(H,38,43)/t24-,25+,26-,27+. The molecule has 3 aromatic rings. The first-order valence-corrected chi connectivity index (χ1v) is 22.1. The summed E-state index contributed by atoms with van der Waals surface area (Å²) in [5.74, 6) is -1.35. The van der Waals surface area contributed by atoms with Crippen molar-refractivity contribution >= 4 is 53.3 Å². The fraction of sp³-hybridized carbons (Fsp3) is 0.444. The van der Waals surface area contributed by atoms with E-state index in [0.29, 0.717) is 0 Å². The third kappa shape index (κ3) is 9.11. The number of ether oxygens (including phenoxy) is 3. The zero-order chi connectivity index (χ0) is 39.7. The maximum absolute atomic E-state index is 13.6. The molecule has 19 heteroatoms. The molecule has 3 aromatic carbocycles. The van der Waals surface area contributed by atoms with Gasteiger partial charge in [-0.05, 0) is 94.4 Å². The second-order valence-corrected chi connectivity index (χ2v) is 19.7. The highest BCUT2D eigenvalue weighted by Gasteiger charge is 2.34. The quantitative estimate of drug-likeness (QED) is 0.305. The number of hydrogen-bond donors (Lipinski definition) is 2. The van der Waals surface area contributed by atoms with Crippen molar-refractivity contribution in [2.75, 3.05) is 63.1 Å². The van der Waals surface area contributed by atoms with Crippen molar-refractivity contribution in [3.8, 4) is 0 Å². The topological polar surface area (TPSA) is 198 Å². The molecule has 3 aliphatic rings. The molecule has 2 amide bonds. The van der Waals surface area contributed by atoms with Gasteiger partial charge in [0, 0.05) is 50.4 Å². The van der Waals surface area contributed by atoms with Gasteiger partial charge in [0.05, 0.1) is 63.7 Å². The van der Waals surface area contributed by atoms with E-state index in [-0.39, 0.29) is 114 Å². The summed E-state index contributed by atoms with van der Waals surface area (Å²) in [6.45, 7) is 8.63. The first-order valence-electron chi connectivity index (χ1n) is 17.8. The molecule has 3 fully saturated rings. The minimum Gasteiger partial charge on any atom is -0.379 e. The number of anilines is 2. The molecule has 298 valence electrons. The molecule has 6 rings (SSSR count). The van der Waals surface area contributed by atoms with Gasteiger partial charge in [-0.2, -0.15) is 12.9 Å². The Kier molecular flexibility index (Phi) is 12.2. The predicted octanol–water partition coefficient (Wildman–Crippen LogP) is 2.81. The summed E-state index contributed by atoms with van der Waals surface area (Å²) in [4.78, 5) is 26.9. The molecule has 3 heterocycles. The minimum atomic E-state index is -4.02. The largest absolute Gasteiger partial charge is 0.379 e. The van der Waals surface area contributed by atoms with Crippen LogP contribution in [0.3, 0.4) is 0 Å². The lowest BCUT2D eigenvalue weighted by Gasteiger charge is -2.34. The fourth-order valence-corrected chi connectivity index (χ4v) is 11.3. The number of carbonyl (C=O) groups is 2. The van der Waals surface area contributed by atoms with E-state index < -0.39 is 41.9 Å². The zero-order valence-corrected chi connectivity index (χ0v) is 33.3. The van der Waals surface area contributed by atoms with E-state index in [1.165, 1.54) is 79.6 Å².